The van der Waals surface area contributed by atoms with Gasteiger partial charge in [0, 0.05) is 23.7 Å². The van der Waals surface area contributed by atoms with E-state index in [4.69, 9.17) is 0 Å². The highest BCUT2D eigenvalue weighted by Crippen LogP contribution is 2.32. The van der Waals surface area contributed by atoms with E-state index in [0.717, 1.165) is 6.07 Å². The molecule has 0 saturated carbocycles. The lowest BCUT2D eigenvalue weighted by Crippen LogP contribution is -2.48. The molecule has 4 heteroatoms. The third-order valence-corrected chi connectivity index (χ3v) is 2.85. The van der Waals surface area contributed by atoms with E-state index in [2.05, 4.69) is 5.32 Å². The first-order valence-electron chi connectivity index (χ1n) is 4.84. The Hall–Kier alpha value is -1.16. The van der Waals surface area contributed by atoms with Crippen LogP contribution in [0, 0.1) is 11.6 Å². The van der Waals surface area contributed by atoms with Crippen molar-refractivity contribution in [1.82, 2.24) is 0 Å². The summed E-state index contributed by atoms with van der Waals surface area (Å²) in [7, 11) is 0. The number of benzene rings is 1. The van der Waals surface area contributed by atoms with Gasteiger partial charge in [0.1, 0.15) is 11.6 Å². The molecule has 0 spiro atoms. The summed E-state index contributed by atoms with van der Waals surface area (Å²) in [5.74, 6) is -1.21. The predicted molar refractivity (Wildman–Crippen MR) is 53.8 cm³/mol. The maximum Gasteiger partial charge on any atom is 0.131 e. The van der Waals surface area contributed by atoms with Gasteiger partial charge in [-0.05, 0) is 19.9 Å². The highest BCUT2D eigenvalue weighted by atomic mass is 19.1. The number of halogens is 2. The summed E-state index contributed by atoms with van der Waals surface area (Å²) in [6.07, 6.45) is -0.466. The summed E-state index contributed by atoms with van der Waals surface area (Å²) in [5, 5.41) is 12.7. The average Bonchev–Trinajstić information content (AvgIpc) is 2.08. The van der Waals surface area contributed by atoms with Crippen LogP contribution in [0.4, 0.5) is 14.5 Å². The second-order valence-electron chi connectivity index (χ2n) is 4.48. The molecule has 0 radical (unpaired) electrons. The third kappa shape index (κ3) is 1.69. The minimum absolute atomic E-state index is 0.210. The number of anilines is 1. The van der Waals surface area contributed by atoms with Crippen molar-refractivity contribution in [1.29, 1.82) is 0 Å². The van der Waals surface area contributed by atoms with Gasteiger partial charge in [-0.25, -0.2) is 8.78 Å². The van der Waals surface area contributed by atoms with Crippen LogP contribution in [-0.4, -0.2) is 16.7 Å². The van der Waals surface area contributed by atoms with Crippen molar-refractivity contribution in [2.45, 2.75) is 31.9 Å². The van der Waals surface area contributed by atoms with Crippen molar-refractivity contribution in [3.8, 4) is 0 Å². The SMILES string of the molecule is CC1(C)Nc2cc(F)cc(F)c2CC1O. The van der Waals surface area contributed by atoms with Gasteiger partial charge in [0.15, 0.2) is 0 Å². The predicted octanol–water partition coefficient (Wildman–Crippen LogP) is 2.07. The minimum atomic E-state index is -0.676. The lowest BCUT2D eigenvalue weighted by Gasteiger charge is -2.38. The fraction of sp³-hybridized carbons (Fsp3) is 0.455. The van der Waals surface area contributed by atoms with Gasteiger partial charge in [-0.15, -0.1) is 0 Å². The van der Waals surface area contributed by atoms with Gasteiger partial charge >= 0.3 is 0 Å². The highest BCUT2D eigenvalue weighted by molar-refractivity contribution is 5.56. The van der Waals surface area contributed by atoms with E-state index in [1.807, 2.05) is 0 Å². The molecular formula is C11H13F2NO. The van der Waals surface area contributed by atoms with Gasteiger partial charge in [-0.1, -0.05) is 0 Å². The summed E-state index contributed by atoms with van der Waals surface area (Å²) < 4.78 is 26.3. The lowest BCUT2D eigenvalue weighted by atomic mass is 9.86. The molecule has 0 aromatic heterocycles. The first kappa shape index (κ1) is 10.4. The number of rotatable bonds is 0. The van der Waals surface area contributed by atoms with Crippen LogP contribution in [0.3, 0.4) is 0 Å². The topological polar surface area (TPSA) is 32.3 Å². The highest BCUT2D eigenvalue weighted by Gasteiger charge is 2.34. The van der Waals surface area contributed by atoms with Crippen molar-refractivity contribution >= 4 is 5.69 Å². The van der Waals surface area contributed by atoms with E-state index in [1.54, 1.807) is 13.8 Å². The minimum Gasteiger partial charge on any atom is -0.390 e. The Labute approximate surface area is 86.9 Å². The van der Waals surface area contributed by atoms with Crippen molar-refractivity contribution in [3.05, 3.63) is 29.3 Å². The molecule has 0 fully saturated rings. The molecule has 1 heterocycles. The molecule has 0 saturated heterocycles. The maximum absolute atomic E-state index is 13.4. The fourth-order valence-corrected chi connectivity index (χ4v) is 1.80. The van der Waals surface area contributed by atoms with Crippen molar-refractivity contribution in [3.63, 3.8) is 0 Å². The number of hydrogen-bond donors (Lipinski definition) is 2. The van der Waals surface area contributed by atoms with E-state index in [-0.39, 0.29) is 6.42 Å². The van der Waals surface area contributed by atoms with Crippen molar-refractivity contribution in [2.75, 3.05) is 5.32 Å². The monoisotopic (exact) mass is 213 g/mol. The Bertz CT molecular complexity index is 404. The van der Waals surface area contributed by atoms with Crippen LogP contribution >= 0.6 is 0 Å². The standard InChI is InChI=1S/C11H13F2NO/c1-11(2)10(15)5-7-8(13)3-6(12)4-9(7)14-11/h3-4,10,14-15H,5H2,1-2H3. The maximum atomic E-state index is 13.4. The number of nitrogens with one attached hydrogen (secondary N) is 1. The Morgan fingerprint density at radius 3 is 2.73 bits per heavy atom. The van der Waals surface area contributed by atoms with Crippen LogP contribution in [-0.2, 0) is 6.42 Å². The lowest BCUT2D eigenvalue weighted by molar-refractivity contribution is 0.109. The molecule has 1 aromatic carbocycles. The average molecular weight is 213 g/mol. The van der Waals surface area contributed by atoms with Crippen LogP contribution in [0.5, 0.6) is 0 Å². The largest absolute Gasteiger partial charge is 0.390 e. The molecule has 1 atom stereocenters. The van der Waals surface area contributed by atoms with Crippen LogP contribution in [0.1, 0.15) is 19.4 Å². The first-order valence-corrected chi connectivity index (χ1v) is 4.84. The van der Waals surface area contributed by atoms with Crippen LogP contribution in [0.25, 0.3) is 0 Å². The van der Waals surface area contributed by atoms with E-state index in [9.17, 15) is 13.9 Å². The molecule has 0 bridgehead atoms. The van der Waals surface area contributed by atoms with Gasteiger partial charge in [0.2, 0.25) is 0 Å². The summed E-state index contributed by atoms with van der Waals surface area (Å²) in [5.41, 5.74) is 0.221. The first-order chi connectivity index (χ1) is 6.90. The van der Waals surface area contributed by atoms with E-state index in [0.29, 0.717) is 11.3 Å². The smallest absolute Gasteiger partial charge is 0.131 e. The van der Waals surface area contributed by atoms with Crippen LogP contribution in [0.2, 0.25) is 0 Å². The summed E-state index contributed by atoms with van der Waals surface area (Å²) in [6.45, 7) is 3.59. The van der Waals surface area contributed by atoms with E-state index in [1.165, 1.54) is 6.07 Å². The van der Waals surface area contributed by atoms with Gasteiger partial charge in [-0.2, -0.15) is 0 Å². The van der Waals surface area contributed by atoms with Crippen molar-refractivity contribution < 1.29 is 13.9 Å². The zero-order valence-corrected chi connectivity index (χ0v) is 8.64. The second kappa shape index (κ2) is 3.17. The van der Waals surface area contributed by atoms with E-state index >= 15 is 0 Å². The molecule has 2 rings (SSSR count). The molecule has 1 aromatic rings. The molecule has 1 aliphatic heterocycles. The zero-order valence-electron chi connectivity index (χ0n) is 8.64. The molecular weight excluding hydrogens is 200 g/mol. The quantitative estimate of drug-likeness (QED) is 0.691. The van der Waals surface area contributed by atoms with E-state index < -0.39 is 23.3 Å². The molecule has 1 aliphatic rings. The Balaban J connectivity index is 2.50. The number of aliphatic hydroxyl groups is 1. The number of hydrogen-bond acceptors (Lipinski definition) is 2. The Kier molecular flexibility index (Phi) is 2.19. The summed E-state index contributed by atoms with van der Waals surface area (Å²) >= 11 is 0. The molecule has 82 valence electrons. The Morgan fingerprint density at radius 2 is 2.07 bits per heavy atom. The van der Waals surface area contributed by atoms with Crippen molar-refractivity contribution in [2.24, 2.45) is 0 Å². The molecule has 0 amide bonds. The normalized spacial score (nSPS) is 23.1. The zero-order chi connectivity index (χ0) is 11.2. The molecule has 1 unspecified atom stereocenters. The molecule has 2 N–H and O–H groups in total. The van der Waals surface area contributed by atoms with Crippen LogP contribution < -0.4 is 5.32 Å². The number of aliphatic hydroxyl groups excluding tert-OH is 1. The third-order valence-electron chi connectivity index (χ3n) is 2.85. The Morgan fingerprint density at radius 1 is 1.40 bits per heavy atom. The fourth-order valence-electron chi connectivity index (χ4n) is 1.80. The van der Waals surface area contributed by atoms with Crippen LogP contribution in [0.15, 0.2) is 12.1 Å². The summed E-state index contributed by atoms with van der Waals surface area (Å²) in [4.78, 5) is 0. The number of fused-ring (bicyclic) bond motifs is 1. The van der Waals surface area contributed by atoms with Gasteiger partial charge in [0.25, 0.3) is 0 Å². The van der Waals surface area contributed by atoms with Gasteiger partial charge in [-0.3, -0.25) is 0 Å². The molecule has 0 aliphatic carbocycles. The second-order valence-corrected chi connectivity index (χ2v) is 4.48. The molecule has 2 nitrogen and oxygen atoms in total. The van der Waals surface area contributed by atoms with Gasteiger partial charge < -0.3 is 10.4 Å². The van der Waals surface area contributed by atoms with Gasteiger partial charge in [0.05, 0.1) is 11.6 Å². The molecule has 15 heavy (non-hydrogen) atoms. The summed E-state index contributed by atoms with van der Waals surface area (Å²) in [6, 6.07) is 2.09.